The second-order valence-corrected chi connectivity index (χ2v) is 6.61. The first-order valence-corrected chi connectivity index (χ1v) is 8.46. The Labute approximate surface area is 129 Å². The minimum absolute atomic E-state index is 0.288. The van der Waals surface area contributed by atoms with Crippen molar-refractivity contribution >= 4 is 5.96 Å². The van der Waals surface area contributed by atoms with E-state index in [1.54, 1.807) is 0 Å². The molecule has 21 heavy (non-hydrogen) atoms. The average Bonchev–Trinajstić information content (AvgIpc) is 2.53. The molecule has 0 amide bonds. The van der Waals surface area contributed by atoms with Gasteiger partial charge in [0.1, 0.15) is 0 Å². The van der Waals surface area contributed by atoms with Crippen molar-refractivity contribution in [3.8, 4) is 0 Å². The smallest absolute Gasteiger partial charge is 0.191 e. The first kappa shape index (κ1) is 16.6. The van der Waals surface area contributed by atoms with Crippen molar-refractivity contribution < 1.29 is 4.74 Å². The maximum absolute atomic E-state index is 5.54. The van der Waals surface area contributed by atoms with Gasteiger partial charge in [-0.2, -0.15) is 0 Å². The van der Waals surface area contributed by atoms with Gasteiger partial charge in [0.2, 0.25) is 0 Å². The Morgan fingerprint density at radius 3 is 2.43 bits per heavy atom. The van der Waals surface area contributed by atoms with Crippen LogP contribution in [0.5, 0.6) is 0 Å². The molecule has 1 saturated carbocycles. The predicted octanol–water partition coefficient (Wildman–Crippen LogP) is 1.59. The van der Waals surface area contributed by atoms with E-state index in [2.05, 4.69) is 34.4 Å². The minimum Gasteiger partial charge on any atom is -0.379 e. The van der Waals surface area contributed by atoms with Gasteiger partial charge in [0.05, 0.1) is 13.2 Å². The molecule has 5 heteroatoms. The minimum atomic E-state index is 0.288. The van der Waals surface area contributed by atoms with Crippen molar-refractivity contribution in [2.45, 2.75) is 57.5 Å². The summed E-state index contributed by atoms with van der Waals surface area (Å²) in [5, 5.41) is 6.95. The van der Waals surface area contributed by atoms with Crippen LogP contribution in [0.15, 0.2) is 4.99 Å². The molecule has 0 aromatic rings. The standard InChI is InChI=1S/C16H32N4O/c1-14(2)19-15(17-3)18-13-16(7-5-4-6-8-16)20-9-11-21-12-10-20/h14H,4-13H2,1-3H3,(H2,17,18,19). The van der Waals surface area contributed by atoms with Crippen LogP contribution in [-0.2, 0) is 4.74 Å². The molecule has 0 unspecified atom stereocenters. The van der Waals surface area contributed by atoms with Crippen molar-refractivity contribution in [2.24, 2.45) is 4.99 Å². The molecule has 2 N–H and O–H groups in total. The molecule has 0 atom stereocenters. The van der Waals surface area contributed by atoms with E-state index in [0.29, 0.717) is 6.04 Å². The van der Waals surface area contributed by atoms with Crippen LogP contribution in [0.1, 0.15) is 46.0 Å². The Kier molecular flexibility index (Phi) is 6.30. The lowest BCUT2D eigenvalue weighted by atomic mass is 9.80. The third kappa shape index (κ3) is 4.58. The maximum atomic E-state index is 5.54. The van der Waals surface area contributed by atoms with Gasteiger partial charge in [0.25, 0.3) is 0 Å². The van der Waals surface area contributed by atoms with Crippen LogP contribution in [0.3, 0.4) is 0 Å². The molecule has 0 aromatic heterocycles. The second kappa shape index (κ2) is 7.99. The number of nitrogens with one attached hydrogen (secondary N) is 2. The zero-order chi connectivity index (χ0) is 15.1. The molecule has 2 rings (SSSR count). The van der Waals surface area contributed by atoms with Crippen LogP contribution in [0.25, 0.3) is 0 Å². The van der Waals surface area contributed by atoms with E-state index in [9.17, 15) is 0 Å². The first-order valence-electron chi connectivity index (χ1n) is 8.46. The zero-order valence-corrected chi connectivity index (χ0v) is 14.0. The lowest BCUT2D eigenvalue weighted by Crippen LogP contribution is -2.60. The molecule has 1 aliphatic heterocycles. The van der Waals surface area contributed by atoms with E-state index in [0.717, 1.165) is 38.8 Å². The molecule has 2 fully saturated rings. The number of rotatable bonds is 4. The van der Waals surface area contributed by atoms with Gasteiger partial charge in [-0.05, 0) is 26.7 Å². The number of guanidine groups is 1. The lowest BCUT2D eigenvalue weighted by molar-refractivity contribution is -0.0352. The highest BCUT2D eigenvalue weighted by atomic mass is 16.5. The number of nitrogens with zero attached hydrogens (tertiary/aromatic N) is 2. The van der Waals surface area contributed by atoms with Crippen LogP contribution in [0.4, 0.5) is 0 Å². The highest BCUT2D eigenvalue weighted by molar-refractivity contribution is 5.79. The predicted molar refractivity (Wildman–Crippen MR) is 87.8 cm³/mol. The van der Waals surface area contributed by atoms with Crippen LogP contribution in [-0.4, -0.2) is 62.3 Å². The highest BCUT2D eigenvalue weighted by Crippen LogP contribution is 2.33. The van der Waals surface area contributed by atoms with E-state index in [1.807, 2.05) is 7.05 Å². The third-order valence-corrected chi connectivity index (χ3v) is 4.70. The number of ether oxygens (including phenoxy) is 1. The summed E-state index contributed by atoms with van der Waals surface area (Å²) >= 11 is 0. The number of morpholine rings is 1. The molecule has 5 nitrogen and oxygen atoms in total. The quantitative estimate of drug-likeness (QED) is 0.611. The van der Waals surface area contributed by atoms with Gasteiger partial charge in [-0.25, -0.2) is 0 Å². The van der Waals surface area contributed by atoms with E-state index in [1.165, 1.54) is 32.1 Å². The summed E-state index contributed by atoms with van der Waals surface area (Å²) in [6.45, 7) is 9.16. The van der Waals surface area contributed by atoms with Gasteiger partial charge in [0, 0.05) is 38.3 Å². The van der Waals surface area contributed by atoms with E-state index in [-0.39, 0.29) is 5.54 Å². The number of hydrogen-bond donors (Lipinski definition) is 2. The van der Waals surface area contributed by atoms with Crippen LogP contribution < -0.4 is 10.6 Å². The van der Waals surface area contributed by atoms with Gasteiger partial charge in [-0.1, -0.05) is 19.3 Å². The van der Waals surface area contributed by atoms with Crippen molar-refractivity contribution in [3.05, 3.63) is 0 Å². The summed E-state index contributed by atoms with van der Waals surface area (Å²) in [6.07, 6.45) is 6.65. The summed E-state index contributed by atoms with van der Waals surface area (Å²) in [5.41, 5.74) is 0.288. The van der Waals surface area contributed by atoms with Crippen LogP contribution in [0.2, 0.25) is 0 Å². The lowest BCUT2D eigenvalue weighted by Gasteiger charge is -2.48. The molecule has 1 saturated heterocycles. The molecular formula is C16H32N4O. The van der Waals surface area contributed by atoms with Crippen LogP contribution in [0, 0.1) is 0 Å². The van der Waals surface area contributed by atoms with Crippen LogP contribution >= 0.6 is 0 Å². The van der Waals surface area contributed by atoms with E-state index < -0.39 is 0 Å². The molecule has 1 heterocycles. The zero-order valence-electron chi connectivity index (χ0n) is 14.0. The van der Waals surface area contributed by atoms with E-state index in [4.69, 9.17) is 4.74 Å². The monoisotopic (exact) mass is 296 g/mol. The molecule has 122 valence electrons. The fraction of sp³-hybridized carbons (Fsp3) is 0.938. The average molecular weight is 296 g/mol. The number of hydrogen-bond acceptors (Lipinski definition) is 3. The Morgan fingerprint density at radius 1 is 1.19 bits per heavy atom. The molecule has 0 bridgehead atoms. The topological polar surface area (TPSA) is 48.9 Å². The SMILES string of the molecule is CN=C(NCC1(N2CCOCC2)CCCCC1)NC(C)C. The highest BCUT2D eigenvalue weighted by Gasteiger charge is 2.38. The molecule has 1 aliphatic carbocycles. The van der Waals surface area contributed by atoms with E-state index >= 15 is 0 Å². The van der Waals surface area contributed by atoms with Crippen molar-refractivity contribution in [3.63, 3.8) is 0 Å². The molecule has 2 aliphatic rings. The summed E-state index contributed by atoms with van der Waals surface area (Å²) in [4.78, 5) is 7.00. The van der Waals surface area contributed by atoms with Crippen molar-refractivity contribution in [2.75, 3.05) is 39.9 Å². The Hall–Kier alpha value is -0.810. The Morgan fingerprint density at radius 2 is 1.86 bits per heavy atom. The third-order valence-electron chi connectivity index (χ3n) is 4.70. The summed E-state index contributed by atoms with van der Waals surface area (Å²) in [7, 11) is 1.85. The summed E-state index contributed by atoms with van der Waals surface area (Å²) < 4.78 is 5.54. The van der Waals surface area contributed by atoms with Gasteiger partial charge < -0.3 is 15.4 Å². The van der Waals surface area contributed by atoms with Gasteiger partial charge in [-0.15, -0.1) is 0 Å². The fourth-order valence-corrected chi connectivity index (χ4v) is 3.57. The van der Waals surface area contributed by atoms with Crippen molar-refractivity contribution in [1.29, 1.82) is 0 Å². The normalized spacial score (nSPS) is 24.1. The van der Waals surface area contributed by atoms with Gasteiger partial charge in [0.15, 0.2) is 5.96 Å². The Balaban J connectivity index is 1.98. The number of aliphatic imine (C=N–C) groups is 1. The molecule has 0 aromatic carbocycles. The maximum Gasteiger partial charge on any atom is 0.191 e. The fourth-order valence-electron chi connectivity index (χ4n) is 3.57. The molecular weight excluding hydrogens is 264 g/mol. The van der Waals surface area contributed by atoms with Gasteiger partial charge >= 0.3 is 0 Å². The largest absolute Gasteiger partial charge is 0.379 e. The van der Waals surface area contributed by atoms with Crippen molar-refractivity contribution in [1.82, 2.24) is 15.5 Å². The Bertz CT molecular complexity index is 331. The van der Waals surface area contributed by atoms with Gasteiger partial charge in [-0.3, -0.25) is 9.89 Å². The summed E-state index contributed by atoms with van der Waals surface area (Å²) in [6, 6.07) is 0.405. The second-order valence-electron chi connectivity index (χ2n) is 6.61. The molecule has 0 radical (unpaired) electrons. The first-order chi connectivity index (χ1) is 10.2. The summed E-state index contributed by atoms with van der Waals surface area (Å²) in [5.74, 6) is 0.920. The molecule has 0 spiro atoms.